The van der Waals surface area contributed by atoms with Crippen molar-refractivity contribution in [1.82, 2.24) is 15.2 Å². The summed E-state index contributed by atoms with van der Waals surface area (Å²) < 4.78 is 0. The van der Waals surface area contributed by atoms with Gasteiger partial charge in [0.2, 0.25) is 0 Å². The second-order valence-corrected chi connectivity index (χ2v) is 8.42. The van der Waals surface area contributed by atoms with Crippen LogP contribution in [0.3, 0.4) is 0 Å². The molecule has 1 fully saturated rings. The molecule has 4 rings (SSSR count). The molecule has 1 unspecified atom stereocenters. The zero-order valence-corrected chi connectivity index (χ0v) is 18.6. The van der Waals surface area contributed by atoms with Crippen molar-refractivity contribution in [1.29, 1.82) is 0 Å². The van der Waals surface area contributed by atoms with Gasteiger partial charge in [-0.25, -0.2) is 0 Å². The fourth-order valence-corrected chi connectivity index (χ4v) is 4.30. The first kappa shape index (κ1) is 21.8. The van der Waals surface area contributed by atoms with Gasteiger partial charge in [-0.15, -0.1) is 0 Å². The molecule has 1 aliphatic rings. The van der Waals surface area contributed by atoms with Crippen LogP contribution in [0, 0.1) is 6.92 Å². The first-order valence-corrected chi connectivity index (χ1v) is 11.2. The zero-order chi connectivity index (χ0) is 22.5. The van der Waals surface area contributed by atoms with Gasteiger partial charge in [-0.3, -0.25) is 14.6 Å². The largest absolute Gasteiger partial charge is 0.345 e. The van der Waals surface area contributed by atoms with E-state index < -0.39 is 0 Å². The molecule has 0 saturated carbocycles. The normalized spacial score (nSPS) is 15.2. The van der Waals surface area contributed by atoms with Crippen LogP contribution in [-0.2, 0) is 0 Å². The minimum Gasteiger partial charge on any atom is -0.345 e. The van der Waals surface area contributed by atoms with Gasteiger partial charge in [0, 0.05) is 30.3 Å². The summed E-state index contributed by atoms with van der Waals surface area (Å²) in [6, 6.07) is 23.0. The number of nitrogens with one attached hydrogen (secondary N) is 1. The van der Waals surface area contributed by atoms with Crippen LogP contribution >= 0.6 is 0 Å². The van der Waals surface area contributed by atoms with Gasteiger partial charge >= 0.3 is 0 Å². The van der Waals surface area contributed by atoms with E-state index in [9.17, 15) is 9.59 Å². The topological polar surface area (TPSA) is 62.3 Å². The van der Waals surface area contributed by atoms with Gasteiger partial charge in [0.15, 0.2) is 0 Å². The molecule has 2 amide bonds. The van der Waals surface area contributed by atoms with E-state index >= 15 is 0 Å². The molecule has 5 nitrogen and oxygen atoms in total. The third-order valence-corrected chi connectivity index (χ3v) is 6.15. The summed E-state index contributed by atoms with van der Waals surface area (Å²) >= 11 is 0. The average Bonchev–Trinajstić information content (AvgIpc) is 2.84. The molecule has 1 saturated heterocycles. The Morgan fingerprint density at radius 1 is 0.938 bits per heavy atom. The monoisotopic (exact) mass is 427 g/mol. The van der Waals surface area contributed by atoms with Crippen molar-refractivity contribution in [2.45, 2.75) is 38.6 Å². The molecule has 1 aromatic heterocycles. The van der Waals surface area contributed by atoms with Gasteiger partial charge in [0.1, 0.15) is 0 Å². The van der Waals surface area contributed by atoms with Crippen molar-refractivity contribution >= 4 is 11.8 Å². The van der Waals surface area contributed by atoms with Gasteiger partial charge in [-0.2, -0.15) is 0 Å². The molecule has 0 bridgehead atoms. The third-order valence-electron chi connectivity index (χ3n) is 6.15. The Morgan fingerprint density at radius 2 is 1.56 bits per heavy atom. The number of pyridine rings is 1. The number of benzene rings is 2. The summed E-state index contributed by atoms with van der Waals surface area (Å²) in [7, 11) is 0. The summed E-state index contributed by atoms with van der Waals surface area (Å²) in [6.07, 6.45) is 1.59. The van der Waals surface area contributed by atoms with Crippen molar-refractivity contribution in [3.05, 3.63) is 101 Å². The lowest BCUT2D eigenvalue weighted by Gasteiger charge is -2.32. The summed E-state index contributed by atoms with van der Waals surface area (Å²) in [4.78, 5) is 32.6. The second kappa shape index (κ2) is 9.77. The number of carbonyl (C=O) groups excluding carboxylic acids is 2. The van der Waals surface area contributed by atoms with Gasteiger partial charge in [0.05, 0.1) is 17.3 Å². The van der Waals surface area contributed by atoms with Crippen LogP contribution in [-0.4, -0.2) is 34.8 Å². The SMILES string of the molecule is Cc1ccc(C(=O)NC(C)c2ccccc2)c(C2CCN(C(=O)c3ccccc3)CC2)n1. The molecule has 1 N–H and O–H groups in total. The molecule has 2 aromatic carbocycles. The number of rotatable bonds is 5. The molecule has 0 spiro atoms. The Bertz CT molecular complexity index is 1070. The predicted molar refractivity (Wildman–Crippen MR) is 126 cm³/mol. The summed E-state index contributed by atoms with van der Waals surface area (Å²) in [5.74, 6) is 0.116. The lowest BCUT2D eigenvalue weighted by molar-refractivity contribution is 0.0710. The Labute approximate surface area is 189 Å². The number of nitrogens with zero attached hydrogens (tertiary/aromatic N) is 2. The van der Waals surface area contributed by atoms with E-state index in [2.05, 4.69) is 5.32 Å². The minimum atomic E-state index is -0.105. The van der Waals surface area contributed by atoms with Gasteiger partial charge < -0.3 is 10.2 Å². The third kappa shape index (κ3) is 4.88. The second-order valence-electron chi connectivity index (χ2n) is 8.42. The first-order valence-electron chi connectivity index (χ1n) is 11.2. The maximum absolute atomic E-state index is 13.1. The number of piperidine rings is 1. The van der Waals surface area contributed by atoms with E-state index in [1.807, 2.05) is 91.5 Å². The Kier molecular flexibility index (Phi) is 6.64. The van der Waals surface area contributed by atoms with Crippen molar-refractivity contribution in [3.63, 3.8) is 0 Å². The first-order chi connectivity index (χ1) is 15.5. The molecule has 3 aromatic rings. The van der Waals surface area contributed by atoms with E-state index in [4.69, 9.17) is 4.98 Å². The van der Waals surface area contributed by atoms with Crippen LogP contribution in [0.5, 0.6) is 0 Å². The fourth-order valence-electron chi connectivity index (χ4n) is 4.30. The lowest BCUT2D eigenvalue weighted by Crippen LogP contribution is -2.38. The van der Waals surface area contributed by atoms with E-state index in [0.717, 1.165) is 35.4 Å². The molecule has 164 valence electrons. The number of likely N-dealkylation sites (tertiary alicyclic amines) is 1. The van der Waals surface area contributed by atoms with Crippen molar-refractivity contribution in [2.75, 3.05) is 13.1 Å². The van der Waals surface area contributed by atoms with Crippen LogP contribution in [0.15, 0.2) is 72.8 Å². The molecular weight excluding hydrogens is 398 g/mol. The summed E-state index contributed by atoms with van der Waals surface area (Å²) in [6.45, 7) is 5.26. The molecular formula is C27H29N3O2. The molecule has 1 atom stereocenters. The molecule has 5 heteroatoms. The van der Waals surface area contributed by atoms with Crippen molar-refractivity contribution in [3.8, 4) is 0 Å². The number of aromatic nitrogens is 1. The zero-order valence-electron chi connectivity index (χ0n) is 18.6. The highest BCUT2D eigenvalue weighted by Gasteiger charge is 2.28. The van der Waals surface area contributed by atoms with Gasteiger partial charge in [0.25, 0.3) is 11.8 Å². The van der Waals surface area contributed by atoms with E-state index in [1.165, 1.54) is 0 Å². The number of amides is 2. The Balaban J connectivity index is 1.47. The van der Waals surface area contributed by atoms with Crippen LogP contribution in [0.25, 0.3) is 0 Å². The Hall–Kier alpha value is -3.47. The number of hydrogen-bond acceptors (Lipinski definition) is 3. The molecule has 0 aliphatic carbocycles. The quantitative estimate of drug-likeness (QED) is 0.630. The summed E-state index contributed by atoms with van der Waals surface area (Å²) in [5, 5.41) is 3.12. The number of hydrogen-bond donors (Lipinski definition) is 1. The van der Waals surface area contributed by atoms with Crippen molar-refractivity contribution < 1.29 is 9.59 Å². The number of carbonyl (C=O) groups is 2. The standard InChI is InChI=1S/C27H29N3O2/c1-19-13-14-24(26(31)29-20(2)21-9-5-3-6-10-21)25(28-19)22-15-17-30(18-16-22)27(32)23-11-7-4-8-12-23/h3-14,20,22H,15-18H2,1-2H3,(H,29,31). The number of aryl methyl sites for hydroxylation is 1. The maximum atomic E-state index is 13.1. The molecule has 0 radical (unpaired) electrons. The highest BCUT2D eigenvalue weighted by atomic mass is 16.2. The highest BCUT2D eigenvalue weighted by molar-refractivity contribution is 5.96. The van der Waals surface area contributed by atoms with Crippen LogP contribution in [0.2, 0.25) is 0 Å². The molecule has 1 aliphatic heterocycles. The fraction of sp³-hybridized carbons (Fsp3) is 0.296. The predicted octanol–water partition coefficient (Wildman–Crippen LogP) is 4.90. The van der Waals surface area contributed by atoms with E-state index in [-0.39, 0.29) is 23.8 Å². The Morgan fingerprint density at radius 3 is 2.22 bits per heavy atom. The van der Waals surface area contributed by atoms with Crippen LogP contribution < -0.4 is 5.32 Å². The highest BCUT2D eigenvalue weighted by Crippen LogP contribution is 2.30. The minimum absolute atomic E-state index is 0.0657. The molecule has 32 heavy (non-hydrogen) atoms. The van der Waals surface area contributed by atoms with Crippen LogP contribution in [0.1, 0.15) is 69.4 Å². The maximum Gasteiger partial charge on any atom is 0.253 e. The average molecular weight is 428 g/mol. The van der Waals surface area contributed by atoms with Gasteiger partial charge in [-0.1, -0.05) is 48.5 Å². The molecule has 2 heterocycles. The van der Waals surface area contributed by atoms with Crippen LogP contribution in [0.4, 0.5) is 0 Å². The summed E-state index contributed by atoms with van der Waals surface area (Å²) in [5.41, 5.74) is 4.15. The lowest BCUT2D eigenvalue weighted by atomic mass is 9.89. The van der Waals surface area contributed by atoms with Crippen molar-refractivity contribution in [2.24, 2.45) is 0 Å². The van der Waals surface area contributed by atoms with Gasteiger partial charge in [-0.05, 0) is 56.5 Å². The smallest absolute Gasteiger partial charge is 0.253 e. The van der Waals surface area contributed by atoms with E-state index in [1.54, 1.807) is 0 Å². The van der Waals surface area contributed by atoms with E-state index in [0.29, 0.717) is 18.7 Å².